The predicted molar refractivity (Wildman–Crippen MR) is 97.1 cm³/mol. The lowest BCUT2D eigenvalue weighted by atomic mass is 10.1. The number of likely N-dealkylation sites (N-methyl/N-ethyl adjacent to an activating group) is 1. The molecule has 2 rings (SSSR count). The van der Waals surface area contributed by atoms with Gasteiger partial charge >= 0.3 is 6.03 Å². The van der Waals surface area contributed by atoms with Crippen molar-refractivity contribution in [3.63, 3.8) is 0 Å². The zero-order chi connectivity index (χ0) is 17.9. The van der Waals surface area contributed by atoms with Crippen LogP contribution >= 0.6 is 11.3 Å². The lowest BCUT2D eigenvalue weighted by Gasteiger charge is -2.23. The molecule has 2 aromatic rings. The Kier molecular flexibility index (Phi) is 5.56. The highest BCUT2D eigenvalue weighted by Gasteiger charge is 2.20. The van der Waals surface area contributed by atoms with Gasteiger partial charge in [-0.25, -0.2) is 9.78 Å². The molecule has 1 aromatic carbocycles. The van der Waals surface area contributed by atoms with Gasteiger partial charge in [-0.3, -0.25) is 15.0 Å². The second-order valence-electron chi connectivity index (χ2n) is 6.86. The van der Waals surface area contributed by atoms with Crippen molar-refractivity contribution in [3.8, 4) is 0 Å². The molecular formula is C17H24N4O2S. The number of rotatable bonds is 4. The van der Waals surface area contributed by atoms with Gasteiger partial charge in [0.1, 0.15) is 5.01 Å². The molecule has 130 valence electrons. The number of carbonyl (C=O) groups excluding carboxylic acids is 2. The van der Waals surface area contributed by atoms with Gasteiger partial charge < -0.3 is 5.32 Å². The summed E-state index contributed by atoms with van der Waals surface area (Å²) in [4.78, 5) is 30.3. The molecule has 0 unspecified atom stereocenters. The van der Waals surface area contributed by atoms with Gasteiger partial charge in [0.25, 0.3) is 0 Å². The normalized spacial score (nSPS) is 13.1. The van der Waals surface area contributed by atoms with Crippen LogP contribution in [0.15, 0.2) is 24.3 Å². The van der Waals surface area contributed by atoms with Crippen LogP contribution in [0.5, 0.6) is 0 Å². The molecule has 2 N–H and O–H groups in total. The van der Waals surface area contributed by atoms with E-state index < -0.39 is 6.03 Å². The van der Waals surface area contributed by atoms with E-state index in [1.165, 1.54) is 0 Å². The van der Waals surface area contributed by atoms with Crippen molar-refractivity contribution in [2.45, 2.75) is 39.3 Å². The van der Waals surface area contributed by atoms with Crippen LogP contribution < -0.4 is 10.6 Å². The number of para-hydroxylation sites is 1. The third kappa shape index (κ3) is 5.01. The molecule has 0 saturated carbocycles. The summed E-state index contributed by atoms with van der Waals surface area (Å²) in [6.45, 7) is 7.70. The Hall–Kier alpha value is -1.99. The van der Waals surface area contributed by atoms with Crippen LogP contribution in [0.1, 0.15) is 38.7 Å². The van der Waals surface area contributed by atoms with Crippen LogP contribution in [0.2, 0.25) is 0 Å². The first kappa shape index (κ1) is 18.4. The average Bonchev–Trinajstić information content (AvgIpc) is 2.87. The van der Waals surface area contributed by atoms with Crippen molar-refractivity contribution >= 4 is 33.5 Å². The van der Waals surface area contributed by atoms with Gasteiger partial charge in [0.15, 0.2) is 0 Å². The van der Waals surface area contributed by atoms with E-state index in [1.54, 1.807) is 11.3 Å². The van der Waals surface area contributed by atoms with E-state index in [9.17, 15) is 9.59 Å². The largest absolute Gasteiger partial charge is 0.333 e. The monoisotopic (exact) mass is 348 g/mol. The highest BCUT2D eigenvalue weighted by atomic mass is 32.1. The molecule has 1 aromatic heterocycles. The molecule has 7 heteroatoms. The second kappa shape index (κ2) is 7.27. The molecule has 24 heavy (non-hydrogen) atoms. The van der Waals surface area contributed by atoms with Gasteiger partial charge in [0.05, 0.1) is 22.8 Å². The molecule has 0 radical (unpaired) electrons. The molecule has 6 nitrogen and oxygen atoms in total. The summed E-state index contributed by atoms with van der Waals surface area (Å²) in [6.07, 6.45) is 0. The Morgan fingerprint density at radius 3 is 2.58 bits per heavy atom. The zero-order valence-corrected chi connectivity index (χ0v) is 15.5. The lowest BCUT2D eigenvalue weighted by molar-refractivity contribution is -0.121. The SMILES string of the molecule is C[C@@H](c1nc2ccccc2s1)N(C)CC(=O)NC(=O)NC(C)(C)C. The number of amides is 3. The molecule has 3 amide bonds. The quantitative estimate of drug-likeness (QED) is 0.891. The smallest absolute Gasteiger partial charge is 0.321 e. The molecule has 0 fully saturated rings. The first-order valence-electron chi connectivity index (χ1n) is 7.83. The molecule has 0 aliphatic carbocycles. The van der Waals surface area contributed by atoms with Crippen molar-refractivity contribution in [2.24, 2.45) is 0 Å². The number of imide groups is 1. The zero-order valence-electron chi connectivity index (χ0n) is 14.7. The summed E-state index contributed by atoms with van der Waals surface area (Å²) in [5.41, 5.74) is 0.580. The Bertz CT molecular complexity index is 703. The number of urea groups is 1. The maximum atomic E-state index is 12.0. The maximum absolute atomic E-state index is 12.0. The number of nitrogens with one attached hydrogen (secondary N) is 2. The van der Waals surface area contributed by atoms with E-state index in [0.29, 0.717) is 0 Å². The Balaban J connectivity index is 1.94. The van der Waals surface area contributed by atoms with Gasteiger partial charge in [-0.2, -0.15) is 0 Å². The number of nitrogens with zero attached hydrogens (tertiary/aromatic N) is 2. The Morgan fingerprint density at radius 2 is 1.96 bits per heavy atom. The average molecular weight is 348 g/mol. The van der Waals surface area contributed by atoms with Gasteiger partial charge in [0.2, 0.25) is 5.91 Å². The second-order valence-corrected chi connectivity index (χ2v) is 7.93. The van der Waals surface area contributed by atoms with Crippen molar-refractivity contribution < 1.29 is 9.59 Å². The van der Waals surface area contributed by atoms with Gasteiger partial charge in [0, 0.05) is 5.54 Å². The molecular weight excluding hydrogens is 324 g/mol. The van der Waals surface area contributed by atoms with Crippen LogP contribution in [0.25, 0.3) is 10.2 Å². The fourth-order valence-electron chi connectivity index (χ4n) is 2.16. The fraction of sp³-hybridized carbons (Fsp3) is 0.471. The van der Waals surface area contributed by atoms with Gasteiger partial charge in [-0.1, -0.05) is 12.1 Å². The summed E-state index contributed by atoms with van der Waals surface area (Å²) in [7, 11) is 1.85. The molecule has 1 atom stereocenters. The molecule has 0 saturated heterocycles. The van der Waals surface area contributed by atoms with Crippen LogP contribution in [0.4, 0.5) is 4.79 Å². The van der Waals surface area contributed by atoms with Crippen molar-refractivity contribution in [2.75, 3.05) is 13.6 Å². The number of benzene rings is 1. The fourth-order valence-corrected chi connectivity index (χ4v) is 3.24. The highest BCUT2D eigenvalue weighted by molar-refractivity contribution is 7.18. The standard InChI is InChI=1S/C17H24N4O2S/c1-11(15-18-12-8-6-7-9-13(12)24-15)21(5)10-14(22)19-16(23)20-17(2,3)4/h6-9,11H,10H2,1-5H3,(H2,19,20,22,23)/t11-/m0/s1. The number of hydrogen-bond donors (Lipinski definition) is 2. The predicted octanol–water partition coefficient (Wildman–Crippen LogP) is 2.91. The third-order valence-corrected chi connectivity index (χ3v) is 4.67. The minimum Gasteiger partial charge on any atom is -0.333 e. The highest BCUT2D eigenvalue weighted by Crippen LogP contribution is 2.28. The minimum absolute atomic E-state index is 0.0150. The molecule has 0 spiro atoms. The number of fused-ring (bicyclic) bond motifs is 1. The summed E-state index contributed by atoms with van der Waals surface area (Å²) in [6, 6.07) is 7.46. The van der Waals surface area contributed by atoms with E-state index in [2.05, 4.69) is 15.6 Å². The van der Waals surface area contributed by atoms with E-state index >= 15 is 0 Å². The van der Waals surface area contributed by atoms with E-state index in [0.717, 1.165) is 15.2 Å². The Morgan fingerprint density at radius 1 is 1.29 bits per heavy atom. The van der Waals surface area contributed by atoms with Crippen molar-refractivity contribution in [3.05, 3.63) is 29.3 Å². The third-order valence-electron chi connectivity index (χ3n) is 3.46. The van der Waals surface area contributed by atoms with Crippen LogP contribution in [-0.2, 0) is 4.79 Å². The number of thiazole rings is 1. The van der Waals surface area contributed by atoms with Crippen LogP contribution in [0, 0.1) is 0 Å². The van der Waals surface area contributed by atoms with Gasteiger partial charge in [-0.05, 0) is 46.9 Å². The van der Waals surface area contributed by atoms with Crippen molar-refractivity contribution in [1.82, 2.24) is 20.5 Å². The molecule has 0 aliphatic heterocycles. The summed E-state index contributed by atoms with van der Waals surface area (Å²) < 4.78 is 1.13. The number of hydrogen-bond acceptors (Lipinski definition) is 5. The van der Waals surface area contributed by atoms with Crippen LogP contribution in [-0.4, -0.2) is 41.0 Å². The van der Waals surface area contributed by atoms with E-state index in [-0.39, 0.29) is 24.0 Å². The summed E-state index contributed by atoms with van der Waals surface area (Å²) in [5, 5.41) is 6.00. The Labute approximate surface area is 146 Å². The minimum atomic E-state index is -0.478. The number of aromatic nitrogens is 1. The maximum Gasteiger partial charge on any atom is 0.321 e. The van der Waals surface area contributed by atoms with Crippen LogP contribution in [0.3, 0.4) is 0 Å². The summed E-state index contributed by atoms with van der Waals surface area (Å²) >= 11 is 1.62. The lowest BCUT2D eigenvalue weighted by Crippen LogP contribution is -2.50. The summed E-state index contributed by atoms with van der Waals surface area (Å²) in [5.74, 6) is -0.341. The first-order chi connectivity index (χ1) is 11.2. The number of carbonyl (C=O) groups is 2. The molecule has 0 aliphatic rings. The topological polar surface area (TPSA) is 74.3 Å². The van der Waals surface area contributed by atoms with Crippen molar-refractivity contribution in [1.29, 1.82) is 0 Å². The van der Waals surface area contributed by atoms with E-state index in [1.807, 2.05) is 63.9 Å². The molecule has 0 bridgehead atoms. The first-order valence-corrected chi connectivity index (χ1v) is 8.65. The van der Waals surface area contributed by atoms with Gasteiger partial charge in [-0.15, -0.1) is 11.3 Å². The molecule has 1 heterocycles. The van der Waals surface area contributed by atoms with E-state index in [4.69, 9.17) is 0 Å².